The van der Waals surface area contributed by atoms with E-state index >= 15 is 0 Å². The van der Waals surface area contributed by atoms with Gasteiger partial charge in [0.1, 0.15) is 0 Å². The van der Waals surface area contributed by atoms with Crippen LogP contribution in [0.25, 0.3) is 10.8 Å². The molecule has 2 aromatic rings. The van der Waals surface area contributed by atoms with Crippen LogP contribution in [0.15, 0.2) is 42.5 Å². The van der Waals surface area contributed by atoms with Crippen molar-refractivity contribution in [3.8, 4) is 0 Å². The first-order valence-corrected chi connectivity index (χ1v) is 10.1. The zero-order valence-electron chi connectivity index (χ0n) is 14.7. The van der Waals surface area contributed by atoms with Crippen LogP contribution in [0.2, 0.25) is 0 Å². The lowest BCUT2D eigenvalue weighted by molar-refractivity contribution is 0.0778. The smallest absolute Gasteiger partial charge is 0.212 e. The highest BCUT2D eigenvalue weighted by Crippen LogP contribution is 2.22. The molecule has 0 bridgehead atoms. The van der Waals surface area contributed by atoms with Crippen molar-refractivity contribution in [1.82, 2.24) is 4.72 Å². The summed E-state index contributed by atoms with van der Waals surface area (Å²) in [6, 6.07) is 14.2. The first-order valence-electron chi connectivity index (χ1n) is 8.45. The van der Waals surface area contributed by atoms with E-state index in [9.17, 15) is 8.42 Å². The molecule has 4 nitrogen and oxygen atoms in total. The average Bonchev–Trinajstić information content (AvgIpc) is 2.53. The molecule has 1 unspecified atom stereocenters. The van der Waals surface area contributed by atoms with Gasteiger partial charge in [0.2, 0.25) is 10.0 Å². The first kappa shape index (κ1) is 18.9. The van der Waals surface area contributed by atoms with Gasteiger partial charge in [-0.15, -0.1) is 0 Å². The number of rotatable bonds is 9. The summed E-state index contributed by atoms with van der Waals surface area (Å²) in [7, 11) is -3.29. The second-order valence-corrected chi connectivity index (χ2v) is 8.31. The summed E-state index contributed by atoms with van der Waals surface area (Å²) in [5, 5.41) is 2.30. The predicted molar refractivity (Wildman–Crippen MR) is 99.9 cm³/mol. The van der Waals surface area contributed by atoms with E-state index in [1.165, 1.54) is 5.39 Å². The summed E-state index contributed by atoms with van der Waals surface area (Å²) < 4.78 is 32.5. The van der Waals surface area contributed by atoms with Gasteiger partial charge in [-0.05, 0) is 42.5 Å². The van der Waals surface area contributed by atoms with Gasteiger partial charge in [-0.25, -0.2) is 13.1 Å². The van der Waals surface area contributed by atoms with E-state index in [2.05, 4.69) is 16.9 Å². The highest BCUT2D eigenvalue weighted by Gasteiger charge is 2.17. The van der Waals surface area contributed by atoms with Gasteiger partial charge < -0.3 is 4.74 Å². The molecule has 0 saturated heterocycles. The summed E-state index contributed by atoms with van der Waals surface area (Å²) in [5.41, 5.74) is 1.04. The Bertz CT molecular complexity index is 756. The van der Waals surface area contributed by atoms with Crippen molar-refractivity contribution >= 4 is 20.8 Å². The lowest BCUT2D eigenvalue weighted by atomic mass is 9.99. The molecule has 132 valence electrons. The number of hydrogen-bond acceptors (Lipinski definition) is 3. The summed E-state index contributed by atoms with van der Waals surface area (Å²) in [6.45, 7) is 6.87. The van der Waals surface area contributed by atoms with Crippen LogP contribution < -0.4 is 4.72 Å². The zero-order valence-corrected chi connectivity index (χ0v) is 15.5. The van der Waals surface area contributed by atoms with Crippen LogP contribution in [0.1, 0.15) is 38.7 Å². The van der Waals surface area contributed by atoms with Gasteiger partial charge in [0.15, 0.2) is 0 Å². The van der Waals surface area contributed by atoms with E-state index in [0.29, 0.717) is 19.6 Å². The molecule has 24 heavy (non-hydrogen) atoms. The van der Waals surface area contributed by atoms with E-state index in [1.807, 2.05) is 51.1 Å². The Kier molecular flexibility index (Phi) is 6.78. The number of benzene rings is 2. The number of sulfonamides is 1. The van der Waals surface area contributed by atoms with Crippen LogP contribution in [-0.4, -0.2) is 33.4 Å². The summed E-state index contributed by atoms with van der Waals surface area (Å²) >= 11 is 0. The molecule has 0 aromatic heterocycles. The molecular formula is C19H27NO3S. The minimum atomic E-state index is -3.29. The van der Waals surface area contributed by atoms with Crippen LogP contribution in [0, 0.1) is 0 Å². The maximum atomic E-state index is 12.2. The van der Waals surface area contributed by atoms with Crippen molar-refractivity contribution in [3.05, 3.63) is 48.0 Å². The van der Waals surface area contributed by atoms with E-state index in [0.717, 1.165) is 10.9 Å². The molecular weight excluding hydrogens is 322 g/mol. The molecule has 0 radical (unpaired) electrons. The molecule has 0 saturated carbocycles. The van der Waals surface area contributed by atoms with E-state index in [4.69, 9.17) is 4.74 Å². The molecule has 0 aliphatic heterocycles. The topological polar surface area (TPSA) is 55.4 Å². The minimum absolute atomic E-state index is 0.0565. The second-order valence-electron chi connectivity index (χ2n) is 6.46. The summed E-state index contributed by atoms with van der Waals surface area (Å²) in [4.78, 5) is 0. The molecule has 0 spiro atoms. The fourth-order valence-corrected chi connectivity index (χ4v) is 4.04. The number of nitrogens with one attached hydrogen (secondary N) is 1. The van der Waals surface area contributed by atoms with Gasteiger partial charge in [0, 0.05) is 13.2 Å². The van der Waals surface area contributed by atoms with Crippen molar-refractivity contribution in [2.45, 2.75) is 39.2 Å². The normalized spacial score (nSPS) is 13.5. The lowest BCUT2D eigenvalue weighted by Crippen LogP contribution is -2.30. The molecule has 0 amide bonds. The Balaban J connectivity index is 1.90. The molecule has 0 aliphatic carbocycles. The zero-order chi connectivity index (χ0) is 17.6. The highest BCUT2D eigenvalue weighted by molar-refractivity contribution is 7.89. The third-order valence-corrected chi connectivity index (χ3v) is 5.49. The van der Waals surface area contributed by atoms with Crippen molar-refractivity contribution in [2.75, 3.05) is 18.9 Å². The molecule has 2 aromatic carbocycles. The standard InChI is InChI=1S/C19H27NO3S/c1-15(2)23-12-6-11-20-24(21,22)14-16(3)18-10-9-17-7-4-5-8-19(17)13-18/h4-5,7-10,13,15-16,20H,6,11-12,14H2,1-3H3. The van der Waals surface area contributed by atoms with Crippen molar-refractivity contribution < 1.29 is 13.2 Å². The molecule has 0 aliphatic rings. The predicted octanol–water partition coefficient (Wildman–Crippen LogP) is 3.68. The van der Waals surface area contributed by atoms with Crippen molar-refractivity contribution in [2.24, 2.45) is 0 Å². The van der Waals surface area contributed by atoms with Gasteiger partial charge in [-0.3, -0.25) is 0 Å². The van der Waals surface area contributed by atoms with Gasteiger partial charge in [-0.1, -0.05) is 49.4 Å². The lowest BCUT2D eigenvalue weighted by Gasteiger charge is -2.14. The van der Waals surface area contributed by atoms with Crippen LogP contribution >= 0.6 is 0 Å². The average molecular weight is 349 g/mol. The van der Waals surface area contributed by atoms with E-state index < -0.39 is 10.0 Å². The Morgan fingerprint density at radius 2 is 1.75 bits per heavy atom. The number of ether oxygens (including phenoxy) is 1. The third kappa shape index (κ3) is 5.89. The fourth-order valence-electron chi connectivity index (χ4n) is 2.62. The largest absolute Gasteiger partial charge is 0.379 e. The molecule has 0 fully saturated rings. The maximum Gasteiger partial charge on any atom is 0.212 e. The SMILES string of the molecule is CC(C)OCCCNS(=O)(=O)CC(C)c1ccc2ccccc2c1. The van der Waals surface area contributed by atoms with Crippen LogP contribution in [0.5, 0.6) is 0 Å². The monoisotopic (exact) mass is 349 g/mol. The molecule has 0 heterocycles. The van der Waals surface area contributed by atoms with Crippen molar-refractivity contribution in [1.29, 1.82) is 0 Å². The Labute approximate surface area is 145 Å². The van der Waals surface area contributed by atoms with Gasteiger partial charge in [0.25, 0.3) is 0 Å². The minimum Gasteiger partial charge on any atom is -0.379 e. The molecule has 1 N–H and O–H groups in total. The van der Waals surface area contributed by atoms with Crippen LogP contribution in [-0.2, 0) is 14.8 Å². The van der Waals surface area contributed by atoms with Gasteiger partial charge in [-0.2, -0.15) is 0 Å². The van der Waals surface area contributed by atoms with Gasteiger partial charge >= 0.3 is 0 Å². The molecule has 5 heteroatoms. The van der Waals surface area contributed by atoms with Crippen LogP contribution in [0.4, 0.5) is 0 Å². The van der Waals surface area contributed by atoms with Crippen LogP contribution in [0.3, 0.4) is 0 Å². The highest BCUT2D eigenvalue weighted by atomic mass is 32.2. The number of fused-ring (bicyclic) bond motifs is 1. The summed E-state index contributed by atoms with van der Waals surface area (Å²) in [5.74, 6) is 0.0372. The first-order chi connectivity index (χ1) is 11.4. The third-order valence-electron chi connectivity index (χ3n) is 3.91. The van der Waals surface area contributed by atoms with E-state index in [-0.39, 0.29) is 17.8 Å². The van der Waals surface area contributed by atoms with Gasteiger partial charge in [0.05, 0.1) is 11.9 Å². The number of hydrogen-bond donors (Lipinski definition) is 1. The molecule has 2 rings (SSSR count). The Hall–Kier alpha value is -1.43. The van der Waals surface area contributed by atoms with Crippen molar-refractivity contribution in [3.63, 3.8) is 0 Å². The maximum absolute atomic E-state index is 12.2. The molecule has 1 atom stereocenters. The fraction of sp³-hybridized carbons (Fsp3) is 0.474. The van der Waals surface area contributed by atoms with E-state index in [1.54, 1.807) is 0 Å². The Morgan fingerprint density at radius 3 is 2.46 bits per heavy atom. The second kappa shape index (κ2) is 8.60. The summed E-state index contributed by atoms with van der Waals surface area (Å²) in [6.07, 6.45) is 0.858. The Morgan fingerprint density at radius 1 is 1.04 bits per heavy atom. The quantitative estimate of drug-likeness (QED) is 0.703.